The van der Waals surface area contributed by atoms with Gasteiger partial charge >= 0.3 is 5.97 Å². The molecule has 6 heteroatoms. The van der Waals surface area contributed by atoms with Gasteiger partial charge in [-0.25, -0.2) is 4.79 Å². The van der Waals surface area contributed by atoms with Gasteiger partial charge in [-0.3, -0.25) is 14.4 Å². The average molecular weight is 311 g/mol. The summed E-state index contributed by atoms with van der Waals surface area (Å²) in [5.41, 5.74) is 1.55. The molecule has 0 aliphatic rings. The molecule has 2 rings (SSSR count). The quantitative estimate of drug-likeness (QED) is 0.290. The highest BCUT2D eigenvalue weighted by molar-refractivity contribution is 6.33. The van der Waals surface area contributed by atoms with Crippen molar-refractivity contribution < 1.29 is 23.9 Å². The minimum atomic E-state index is -0.740. The van der Waals surface area contributed by atoms with Crippen LogP contribution in [-0.2, 0) is 9.59 Å². The number of ether oxygens (including phenoxy) is 1. The number of Topliss-reactive ketones (excluding diaryl/α,β-unsaturated/α-hetero) is 1. The summed E-state index contributed by atoms with van der Waals surface area (Å²) in [6.07, 6.45) is 0.547. The summed E-state index contributed by atoms with van der Waals surface area (Å²) in [4.78, 5) is 44.6. The second kappa shape index (κ2) is 7.13. The number of anilines is 1. The van der Waals surface area contributed by atoms with Crippen molar-refractivity contribution in [3.63, 3.8) is 0 Å². The molecular weight excluding hydrogens is 298 g/mol. The molecule has 1 N–H and O–H groups in total. The topological polar surface area (TPSA) is 89.5 Å². The fraction of sp³-hybridized carbons (Fsp3) is 0.0588. The third-order valence-electron chi connectivity index (χ3n) is 3.08. The first-order valence-electron chi connectivity index (χ1n) is 6.67. The number of nitrogens with one attached hydrogen (secondary N) is 1. The molecule has 0 aliphatic heterocycles. The number of benzene rings is 2. The first-order chi connectivity index (χ1) is 11.0. The molecule has 6 nitrogen and oxygen atoms in total. The maximum atomic E-state index is 12.1. The smallest absolute Gasteiger partial charge is 0.343 e. The molecule has 0 saturated carbocycles. The van der Waals surface area contributed by atoms with Crippen LogP contribution in [0.3, 0.4) is 0 Å². The Balaban J connectivity index is 2.29. The summed E-state index contributed by atoms with van der Waals surface area (Å²) < 4.78 is 5.23. The van der Waals surface area contributed by atoms with Crippen molar-refractivity contribution in [3.8, 4) is 5.75 Å². The molecular formula is C17H13NO5. The van der Waals surface area contributed by atoms with Crippen molar-refractivity contribution in [3.05, 3.63) is 59.2 Å². The maximum absolute atomic E-state index is 12.1. The van der Waals surface area contributed by atoms with Crippen molar-refractivity contribution in [2.45, 2.75) is 6.92 Å². The number of aryl methyl sites for hydroxylation is 1. The molecule has 0 saturated heterocycles. The van der Waals surface area contributed by atoms with Gasteiger partial charge in [0.25, 0.3) is 0 Å². The van der Waals surface area contributed by atoms with Crippen LogP contribution in [0.4, 0.5) is 5.69 Å². The van der Waals surface area contributed by atoms with Crippen molar-refractivity contribution in [2.75, 3.05) is 5.32 Å². The highest BCUT2D eigenvalue weighted by atomic mass is 16.5. The van der Waals surface area contributed by atoms with E-state index in [0.717, 1.165) is 5.56 Å². The Kier molecular flexibility index (Phi) is 4.99. The van der Waals surface area contributed by atoms with E-state index in [-0.39, 0.29) is 23.3 Å². The Labute approximate surface area is 132 Å². The number of aldehydes is 1. The first kappa shape index (κ1) is 16.1. The monoisotopic (exact) mass is 311 g/mol. The highest BCUT2D eigenvalue weighted by Gasteiger charge is 2.14. The molecule has 0 aliphatic carbocycles. The molecule has 2 aromatic carbocycles. The molecule has 0 bridgehead atoms. The molecule has 2 aromatic rings. The third-order valence-corrected chi connectivity index (χ3v) is 3.08. The van der Waals surface area contributed by atoms with Gasteiger partial charge in [-0.15, -0.1) is 0 Å². The van der Waals surface area contributed by atoms with E-state index in [0.29, 0.717) is 12.0 Å². The van der Waals surface area contributed by atoms with Gasteiger partial charge in [0.1, 0.15) is 0 Å². The summed E-state index contributed by atoms with van der Waals surface area (Å²) in [6.45, 7) is 1.89. The minimum Gasteiger partial charge on any atom is -0.421 e. The fourth-order valence-electron chi connectivity index (χ4n) is 1.87. The van der Waals surface area contributed by atoms with Crippen LogP contribution >= 0.6 is 0 Å². The SMILES string of the molecule is Cc1ccc(C(=O)Oc2ccc(C(=O)C=O)cc2NC=O)cc1. The van der Waals surface area contributed by atoms with Crippen molar-refractivity contribution >= 4 is 30.1 Å². The van der Waals surface area contributed by atoms with E-state index in [9.17, 15) is 19.2 Å². The van der Waals surface area contributed by atoms with Gasteiger partial charge in [-0.2, -0.15) is 0 Å². The van der Waals surface area contributed by atoms with Gasteiger partial charge in [0.15, 0.2) is 12.0 Å². The number of carbonyl (C=O) groups excluding carboxylic acids is 4. The fourth-order valence-corrected chi connectivity index (χ4v) is 1.87. The van der Waals surface area contributed by atoms with Crippen LogP contribution in [-0.4, -0.2) is 24.4 Å². The molecule has 23 heavy (non-hydrogen) atoms. The lowest BCUT2D eigenvalue weighted by Crippen LogP contribution is -2.11. The molecule has 116 valence electrons. The van der Waals surface area contributed by atoms with Crippen molar-refractivity contribution in [1.82, 2.24) is 0 Å². The molecule has 0 spiro atoms. The van der Waals surface area contributed by atoms with Crippen LogP contribution in [0.2, 0.25) is 0 Å². The van der Waals surface area contributed by atoms with E-state index in [1.807, 2.05) is 6.92 Å². The zero-order valence-electron chi connectivity index (χ0n) is 12.2. The van der Waals surface area contributed by atoms with Crippen LogP contribution in [0.1, 0.15) is 26.3 Å². The van der Waals surface area contributed by atoms with E-state index < -0.39 is 11.8 Å². The Morgan fingerprint density at radius 2 is 1.65 bits per heavy atom. The Bertz CT molecular complexity index is 765. The number of rotatable bonds is 6. The second-order valence-electron chi connectivity index (χ2n) is 4.71. The number of hydrogen-bond donors (Lipinski definition) is 1. The predicted octanol–water partition coefficient (Wildman–Crippen LogP) is 2.16. The summed E-state index contributed by atoms with van der Waals surface area (Å²) >= 11 is 0. The van der Waals surface area contributed by atoms with Crippen molar-refractivity contribution in [1.29, 1.82) is 0 Å². The summed E-state index contributed by atoms with van der Waals surface area (Å²) in [6, 6.07) is 10.7. The molecule has 0 heterocycles. The zero-order chi connectivity index (χ0) is 16.8. The van der Waals surface area contributed by atoms with E-state index in [1.165, 1.54) is 18.2 Å². The van der Waals surface area contributed by atoms with Crippen LogP contribution in [0.25, 0.3) is 0 Å². The molecule has 0 aromatic heterocycles. The lowest BCUT2D eigenvalue weighted by molar-refractivity contribution is -0.105. The number of hydrogen-bond acceptors (Lipinski definition) is 5. The first-order valence-corrected chi connectivity index (χ1v) is 6.67. The number of carbonyl (C=O) groups is 4. The summed E-state index contributed by atoms with van der Waals surface area (Å²) in [5, 5.41) is 2.34. The number of ketones is 1. The van der Waals surface area contributed by atoms with Crippen LogP contribution < -0.4 is 10.1 Å². The Morgan fingerprint density at radius 1 is 1.00 bits per heavy atom. The normalized spacial score (nSPS) is 9.78. The van der Waals surface area contributed by atoms with Crippen LogP contribution in [0.15, 0.2) is 42.5 Å². The predicted molar refractivity (Wildman–Crippen MR) is 82.7 cm³/mol. The van der Waals surface area contributed by atoms with Crippen molar-refractivity contribution in [2.24, 2.45) is 0 Å². The lowest BCUT2D eigenvalue weighted by Gasteiger charge is -2.10. The van der Waals surface area contributed by atoms with Gasteiger partial charge in [0, 0.05) is 5.56 Å². The standard InChI is InChI=1S/C17H13NO5/c1-11-2-4-12(5-3-11)17(22)23-16-7-6-13(15(21)9-19)8-14(16)18-10-20/h2-10H,1H3,(H,18,20). The van der Waals surface area contributed by atoms with Crippen LogP contribution in [0.5, 0.6) is 5.75 Å². The maximum Gasteiger partial charge on any atom is 0.343 e. The van der Waals surface area contributed by atoms with E-state index in [2.05, 4.69) is 5.32 Å². The minimum absolute atomic E-state index is 0.0742. The zero-order valence-corrected chi connectivity index (χ0v) is 12.2. The van der Waals surface area contributed by atoms with E-state index in [4.69, 9.17) is 4.74 Å². The number of esters is 1. The van der Waals surface area contributed by atoms with Gasteiger partial charge in [0.2, 0.25) is 12.2 Å². The third kappa shape index (κ3) is 3.88. The van der Waals surface area contributed by atoms with E-state index >= 15 is 0 Å². The largest absolute Gasteiger partial charge is 0.421 e. The highest BCUT2D eigenvalue weighted by Crippen LogP contribution is 2.26. The molecule has 0 atom stereocenters. The van der Waals surface area contributed by atoms with E-state index in [1.54, 1.807) is 24.3 Å². The summed E-state index contributed by atoms with van der Waals surface area (Å²) in [7, 11) is 0. The average Bonchev–Trinajstić information content (AvgIpc) is 2.56. The Hall–Kier alpha value is -3.28. The van der Waals surface area contributed by atoms with Gasteiger partial charge in [-0.05, 0) is 37.3 Å². The lowest BCUT2D eigenvalue weighted by atomic mass is 10.1. The summed E-state index contributed by atoms with van der Waals surface area (Å²) in [5.74, 6) is -1.27. The van der Waals surface area contributed by atoms with Gasteiger partial charge < -0.3 is 10.1 Å². The van der Waals surface area contributed by atoms with Crippen LogP contribution in [0, 0.1) is 6.92 Å². The molecule has 0 fully saturated rings. The second-order valence-corrected chi connectivity index (χ2v) is 4.71. The van der Waals surface area contributed by atoms with Gasteiger partial charge in [-0.1, -0.05) is 17.7 Å². The molecule has 0 unspecified atom stereocenters. The van der Waals surface area contributed by atoms with Gasteiger partial charge in [0.05, 0.1) is 11.3 Å². The Morgan fingerprint density at radius 3 is 2.26 bits per heavy atom. The molecule has 1 amide bonds. The number of amides is 1. The molecule has 0 radical (unpaired) electrons.